The maximum absolute atomic E-state index is 5.79. The Kier molecular flexibility index (Phi) is 6.36. The number of thioether (sulfide) groups is 1. The highest BCUT2D eigenvalue weighted by atomic mass is 35.5. The molecule has 0 aliphatic rings. The molecule has 0 fully saturated rings. The van der Waals surface area contributed by atoms with Gasteiger partial charge in [0.15, 0.2) is 5.17 Å². The molecular formula is C8H9Cl3N2S. The zero-order valence-corrected chi connectivity index (χ0v) is 10.5. The third-order valence-electron chi connectivity index (χ3n) is 1.35. The van der Waals surface area contributed by atoms with Gasteiger partial charge >= 0.3 is 0 Å². The van der Waals surface area contributed by atoms with Crippen LogP contribution in [0.4, 0.5) is 5.69 Å². The summed E-state index contributed by atoms with van der Waals surface area (Å²) in [5.41, 5.74) is 6.24. The normalized spacial score (nSPS) is 10.9. The minimum Gasteiger partial charge on any atom is -0.378 e. The van der Waals surface area contributed by atoms with Crippen LogP contribution in [0.2, 0.25) is 10.0 Å². The Labute approximate surface area is 103 Å². The van der Waals surface area contributed by atoms with E-state index in [4.69, 9.17) is 28.9 Å². The number of aliphatic imine (C=N–C) groups is 1. The number of amidine groups is 1. The molecule has 0 amide bonds. The van der Waals surface area contributed by atoms with Gasteiger partial charge in [-0.15, -0.1) is 12.4 Å². The fraction of sp³-hybridized carbons (Fsp3) is 0.125. The van der Waals surface area contributed by atoms with E-state index in [-0.39, 0.29) is 12.4 Å². The number of nitrogens with two attached hydrogens (primary N) is 1. The molecule has 0 bridgehead atoms. The van der Waals surface area contributed by atoms with Crippen LogP contribution in [0.15, 0.2) is 23.2 Å². The van der Waals surface area contributed by atoms with Crippen LogP contribution in [-0.2, 0) is 0 Å². The second kappa shape index (κ2) is 6.40. The average Bonchev–Trinajstić information content (AvgIpc) is 2.11. The Bertz CT molecular complexity index is 341. The summed E-state index contributed by atoms with van der Waals surface area (Å²) in [6.07, 6.45) is 1.86. The summed E-state index contributed by atoms with van der Waals surface area (Å²) in [6, 6.07) is 5.13. The molecule has 0 saturated carbocycles. The largest absolute Gasteiger partial charge is 0.378 e. The number of hydrogen-bond acceptors (Lipinski definition) is 2. The smallest absolute Gasteiger partial charge is 0.158 e. The summed E-state index contributed by atoms with van der Waals surface area (Å²) in [7, 11) is 0. The molecule has 0 radical (unpaired) electrons. The van der Waals surface area contributed by atoms with Crippen LogP contribution in [0.1, 0.15) is 0 Å². The summed E-state index contributed by atoms with van der Waals surface area (Å²) in [5, 5.41) is 1.50. The third-order valence-corrected chi connectivity index (χ3v) is 2.60. The molecule has 0 aliphatic carbocycles. The van der Waals surface area contributed by atoms with Crippen molar-refractivity contribution >= 4 is 58.2 Å². The molecule has 14 heavy (non-hydrogen) atoms. The summed E-state index contributed by atoms with van der Waals surface area (Å²) >= 11 is 12.9. The van der Waals surface area contributed by atoms with Crippen molar-refractivity contribution in [2.24, 2.45) is 10.7 Å². The van der Waals surface area contributed by atoms with Gasteiger partial charge in [-0.3, -0.25) is 0 Å². The molecule has 0 aliphatic heterocycles. The van der Waals surface area contributed by atoms with Gasteiger partial charge in [0.2, 0.25) is 0 Å². The quantitative estimate of drug-likeness (QED) is 0.624. The Balaban J connectivity index is 0.00000169. The van der Waals surface area contributed by atoms with Crippen LogP contribution in [0.25, 0.3) is 0 Å². The van der Waals surface area contributed by atoms with Crippen LogP contribution < -0.4 is 5.73 Å². The SMILES string of the molecule is CSC(N)=Nc1ccc(Cl)c(Cl)c1.Cl. The van der Waals surface area contributed by atoms with Gasteiger partial charge in [0.1, 0.15) is 0 Å². The fourth-order valence-electron chi connectivity index (χ4n) is 0.727. The maximum atomic E-state index is 5.79. The highest BCUT2D eigenvalue weighted by Crippen LogP contribution is 2.26. The molecule has 1 aromatic rings. The van der Waals surface area contributed by atoms with Crippen molar-refractivity contribution in [3.8, 4) is 0 Å². The first kappa shape index (κ1) is 13.9. The zero-order chi connectivity index (χ0) is 9.84. The van der Waals surface area contributed by atoms with E-state index in [0.29, 0.717) is 20.9 Å². The molecule has 2 N–H and O–H groups in total. The van der Waals surface area contributed by atoms with Gasteiger partial charge in [-0.25, -0.2) is 4.99 Å². The minimum atomic E-state index is 0. The summed E-state index contributed by atoms with van der Waals surface area (Å²) in [4.78, 5) is 4.09. The van der Waals surface area contributed by atoms with Crippen LogP contribution >= 0.6 is 47.4 Å². The van der Waals surface area contributed by atoms with Gasteiger partial charge < -0.3 is 5.73 Å². The summed E-state index contributed by atoms with van der Waals surface area (Å²) in [6.45, 7) is 0. The van der Waals surface area contributed by atoms with Crippen molar-refractivity contribution < 1.29 is 0 Å². The molecular weight excluding hydrogens is 263 g/mol. The van der Waals surface area contributed by atoms with E-state index < -0.39 is 0 Å². The molecule has 1 rings (SSSR count). The molecule has 0 heterocycles. The molecule has 6 heteroatoms. The lowest BCUT2D eigenvalue weighted by molar-refractivity contribution is 1.51. The van der Waals surface area contributed by atoms with E-state index in [0.717, 1.165) is 0 Å². The Morgan fingerprint density at radius 1 is 1.36 bits per heavy atom. The lowest BCUT2D eigenvalue weighted by Gasteiger charge is -1.98. The highest BCUT2D eigenvalue weighted by Gasteiger charge is 1.98. The Morgan fingerprint density at radius 2 is 2.00 bits per heavy atom. The zero-order valence-electron chi connectivity index (χ0n) is 7.33. The predicted octanol–water partition coefficient (Wildman–Crippen LogP) is 3.72. The van der Waals surface area contributed by atoms with Gasteiger partial charge in [-0.1, -0.05) is 35.0 Å². The average molecular weight is 272 g/mol. The van der Waals surface area contributed by atoms with Crippen molar-refractivity contribution in [1.29, 1.82) is 0 Å². The Hall–Kier alpha value is -0.0900. The molecule has 0 saturated heterocycles. The number of benzene rings is 1. The van der Waals surface area contributed by atoms with E-state index in [1.54, 1.807) is 18.2 Å². The van der Waals surface area contributed by atoms with Crippen LogP contribution in [0.5, 0.6) is 0 Å². The molecule has 78 valence electrons. The van der Waals surface area contributed by atoms with Crippen molar-refractivity contribution in [2.75, 3.05) is 6.26 Å². The van der Waals surface area contributed by atoms with Crippen molar-refractivity contribution in [1.82, 2.24) is 0 Å². The summed E-state index contributed by atoms with van der Waals surface area (Å²) < 4.78 is 0. The third kappa shape index (κ3) is 3.96. The van der Waals surface area contributed by atoms with E-state index in [2.05, 4.69) is 4.99 Å². The van der Waals surface area contributed by atoms with Crippen LogP contribution in [-0.4, -0.2) is 11.4 Å². The Morgan fingerprint density at radius 3 is 2.50 bits per heavy atom. The molecule has 0 spiro atoms. The van der Waals surface area contributed by atoms with E-state index in [9.17, 15) is 0 Å². The molecule has 0 unspecified atom stereocenters. The van der Waals surface area contributed by atoms with Gasteiger partial charge in [0.25, 0.3) is 0 Å². The predicted molar refractivity (Wildman–Crippen MR) is 68.5 cm³/mol. The number of nitrogens with zero attached hydrogens (tertiary/aromatic N) is 1. The minimum absolute atomic E-state index is 0. The monoisotopic (exact) mass is 270 g/mol. The van der Waals surface area contributed by atoms with E-state index >= 15 is 0 Å². The van der Waals surface area contributed by atoms with Crippen molar-refractivity contribution in [3.05, 3.63) is 28.2 Å². The van der Waals surface area contributed by atoms with Gasteiger partial charge in [-0.2, -0.15) is 0 Å². The molecule has 0 aromatic heterocycles. The summed E-state index contributed by atoms with van der Waals surface area (Å²) in [5.74, 6) is 0. The van der Waals surface area contributed by atoms with Crippen molar-refractivity contribution in [3.63, 3.8) is 0 Å². The standard InChI is InChI=1S/C8H8Cl2N2S.ClH/c1-13-8(11)12-5-2-3-6(9)7(10)4-5;/h2-4H,1H3,(H2,11,12);1H. The first-order chi connectivity index (χ1) is 6.13. The number of rotatable bonds is 1. The lowest BCUT2D eigenvalue weighted by atomic mass is 10.3. The van der Waals surface area contributed by atoms with Crippen LogP contribution in [0.3, 0.4) is 0 Å². The second-order valence-corrected chi connectivity index (χ2v) is 3.89. The topological polar surface area (TPSA) is 38.4 Å². The number of hydrogen-bond donors (Lipinski definition) is 1. The first-order valence-electron chi connectivity index (χ1n) is 3.46. The van der Waals surface area contributed by atoms with E-state index in [1.165, 1.54) is 11.8 Å². The number of halogens is 3. The fourth-order valence-corrected chi connectivity index (χ4v) is 1.22. The first-order valence-corrected chi connectivity index (χ1v) is 5.44. The van der Waals surface area contributed by atoms with E-state index in [1.807, 2.05) is 6.26 Å². The highest BCUT2D eigenvalue weighted by molar-refractivity contribution is 8.13. The van der Waals surface area contributed by atoms with Gasteiger partial charge in [0.05, 0.1) is 15.7 Å². The van der Waals surface area contributed by atoms with Gasteiger partial charge in [0, 0.05) is 0 Å². The molecule has 0 atom stereocenters. The molecule has 2 nitrogen and oxygen atoms in total. The second-order valence-electron chi connectivity index (χ2n) is 2.25. The van der Waals surface area contributed by atoms with Crippen molar-refractivity contribution in [2.45, 2.75) is 0 Å². The molecule has 1 aromatic carbocycles. The lowest BCUT2D eigenvalue weighted by Crippen LogP contribution is -2.03. The van der Waals surface area contributed by atoms with Crippen LogP contribution in [0, 0.1) is 0 Å². The van der Waals surface area contributed by atoms with Gasteiger partial charge in [-0.05, 0) is 24.5 Å². The maximum Gasteiger partial charge on any atom is 0.158 e.